The van der Waals surface area contributed by atoms with Gasteiger partial charge in [0.05, 0.1) is 18.4 Å². The Morgan fingerprint density at radius 2 is 1.96 bits per heavy atom. The largest absolute Gasteiger partial charge is 0.496 e. The normalized spacial score (nSPS) is 10.6. The van der Waals surface area contributed by atoms with Crippen LogP contribution in [0.25, 0.3) is 6.08 Å². The number of carbonyl (C=O) groups excluding carboxylic acids is 1. The molecular formula is C18H13BrI2N2O4S. The number of anilines is 1. The Morgan fingerprint density at radius 1 is 1.25 bits per heavy atom. The molecule has 10 heteroatoms. The zero-order chi connectivity index (χ0) is 20.8. The lowest BCUT2D eigenvalue weighted by Gasteiger charge is -2.13. The number of nitrogens with one attached hydrogen (secondary N) is 2. The minimum Gasteiger partial charge on any atom is -0.496 e. The Balaban J connectivity index is 2.11. The molecule has 2 aromatic carbocycles. The van der Waals surface area contributed by atoms with Gasteiger partial charge in [-0.3, -0.25) is 10.1 Å². The second-order valence-electron chi connectivity index (χ2n) is 5.28. The topological polar surface area (TPSA) is 87.7 Å². The van der Waals surface area contributed by atoms with E-state index < -0.39 is 11.9 Å². The van der Waals surface area contributed by atoms with Crippen LogP contribution in [-0.4, -0.2) is 29.2 Å². The molecule has 2 rings (SSSR count). The number of benzene rings is 2. The van der Waals surface area contributed by atoms with Crippen molar-refractivity contribution in [1.82, 2.24) is 5.32 Å². The van der Waals surface area contributed by atoms with Gasteiger partial charge in [-0.05, 0) is 93.8 Å². The van der Waals surface area contributed by atoms with E-state index in [1.54, 1.807) is 25.3 Å². The van der Waals surface area contributed by atoms with Gasteiger partial charge in [0.2, 0.25) is 5.91 Å². The molecule has 0 aliphatic heterocycles. The molecule has 2 aromatic rings. The number of amides is 1. The van der Waals surface area contributed by atoms with E-state index in [2.05, 4.69) is 26.6 Å². The highest BCUT2D eigenvalue weighted by atomic mass is 127. The van der Waals surface area contributed by atoms with Crippen LogP contribution in [-0.2, 0) is 4.79 Å². The van der Waals surface area contributed by atoms with Crippen LogP contribution in [0, 0.1) is 7.14 Å². The van der Waals surface area contributed by atoms with Crippen molar-refractivity contribution < 1.29 is 19.4 Å². The molecule has 0 saturated heterocycles. The molecule has 0 bridgehead atoms. The predicted molar refractivity (Wildman–Crippen MR) is 133 cm³/mol. The second kappa shape index (κ2) is 10.5. The first kappa shape index (κ1) is 23.0. The van der Waals surface area contributed by atoms with Gasteiger partial charge in [-0.15, -0.1) is 0 Å². The fourth-order valence-electron chi connectivity index (χ4n) is 2.17. The first-order chi connectivity index (χ1) is 13.2. The van der Waals surface area contributed by atoms with E-state index in [4.69, 9.17) is 17.0 Å². The third kappa shape index (κ3) is 6.39. The third-order valence-electron chi connectivity index (χ3n) is 3.37. The number of aromatic carboxylic acids is 1. The quantitative estimate of drug-likeness (QED) is 0.236. The Labute approximate surface area is 202 Å². The summed E-state index contributed by atoms with van der Waals surface area (Å²) in [5, 5.41) is 14.7. The zero-order valence-electron chi connectivity index (χ0n) is 14.3. The van der Waals surface area contributed by atoms with E-state index in [-0.39, 0.29) is 10.7 Å². The van der Waals surface area contributed by atoms with E-state index in [0.717, 1.165) is 8.04 Å². The Bertz CT molecular complexity index is 982. The number of thiocarbonyl (C=S) groups is 1. The van der Waals surface area contributed by atoms with Crippen molar-refractivity contribution in [3.63, 3.8) is 0 Å². The molecule has 6 nitrogen and oxygen atoms in total. The highest BCUT2D eigenvalue weighted by Crippen LogP contribution is 2.26. The summed E-state index contributed by atoms with van der Waals surface area (Å²) in [6.07, 6.45) is 2.91. The van der Waals surface area contributed by atoms with Crippen molar-refractivity contribution >= 4 is 102 Å². The molecule has 1 amide bonds. The van der Waals surface area contributed by atoms with E-state index in [1.165, 1.54) is 12.1 Å². The number of carboxylic acids is 1. The van der Waals surface area contributed by atoms with Crippen molar-refractivity contribution in [2.45, 2.75) is 0 Å². The van der Waals surface area contributed by atoms with Gasteiger partial charge < -0.3 is 15.2 Å². The summed E-state index contributed by atoms with van der Waals surface area (Å²) in [4.78, 5) is 23.6. The number of carboxylic acid groups (broad SMARTS) is 1. The van der Waals surface area contributed by atoms with Crippen LogP contribution in [0.5, 0.6) is 5.75 Å². The molecule has 0 atom stereocenters. The van der Waals surface area contributed by atoms with E-state index in [0.29, 0.717) is 20.6 Å². The minimum atomic E-state index is -1.09. The molecule has 0 heterocycles. The van der Waals surface area contributed by atoms with Gasteiger partial charge in [0.25, 0.3) is 0 Å². The van der Waals surface area contributed by atoms with Crippen LogP contribution in [0.4, 0.5) is 5.69 Å². The lowest BCUT2D eigenvalue weighted by molar-refractivity contribution is -0.115. The monoisotopic (exact) mass is 686 g/mol. The molecule has 0 saturated carbocycles. The molecule has 146 valence electrons. The van der Waals surface area contributed by atoms with Gasteiger partial charge >= 0.3 is 5.97 Å². The Morgan fingerprint density at radius 3 is 2.61 bits per heavy atom. The van der Waals surface area contributed by atoms with Crippen molar-refractivity contribution in [3.05, 3.63) is 59.1 Å². The van der Waals surface area contributed by atoms with Crippen molar-refractivity contribution in [1.29, 1.82) is 0 Å². The average Bonchev–Trinajstić information content (AvgIpc) is 2.61. The summed E-state index contributed by atoms with van der Waals surface area (Å²) in [5.74, 6) is -0.931. The van der Waals surface area contributed by atoms with Gasteiger partial charge in [0, 0.05) is 23.3 Å². The molecule has 28 heavy (non-hydrogen) atoms. The molecule has 0 unspecified atom stereocenters. The molecule has 0 aliphatic rings. The second-order valence-corrected chi connectivity index (χ2v) is 9.01. The van der Waals surface area contributed by atoms with Gasteiger partial charge in [-0.1, -0.05) is 15.9 Å². The molecule has 0 aliphatic carbocycles. The van der Waals surface area contributed by atoms with Crippen LogP contribution in [0.3, 0.4) is 0 Å². The summed E-state index contributed by atoms with van der Waals surface area (Å²) in [5.41, 5.74) is 1.12. The van der Waals surface area contributed by atoms with E-state index in [1.807, 2.05) is 57.3 Å². The Kier molecular flexibility index (Phi) is 8.64. The third-order valence-corrected chi connectivity index (χ3v) is 5.54. The van der Waals surface area contributed by atoms with E-state index in [9.17, 15) is 14.7 Å². The van der Waals surface area contributed by atoms with Crippen molar-refractivity contribution in [2.24, 2.45) is 0 Å². The van der Waals surface area contributed by atoms with Gasteiger partial charge in [-0.2, -0.15) is 0 Å². The molecule has 0 aromatic heterocycles. The zero-order valence-corrected chi connectivity index (χ0v) is 21.0. The van der Waals surface area contributed by atoms with Gasteiger partial charge in [-0.25, -0.2) is 4.79 Å². The summed E-state index contributed by atoms with van der Waals surface area (Å²) >= 11 is 12.6. The summed E-state index contributed by atoms with van der Waals surface area (Å²) in [7, 11) is 1.54. The maximum atomic E-state index is 12.2. The standard InChI is InChI=1S/C18H13BrI2N2O4S/c1-27-14-4-3-10(19)6-9(14)2-5-15(24)22-18(28)23-16-12(17(25)26)7-11(20)8-13(16)21/h2-8H,1H3,(H,25,26)(H2,22,23,24,28). The van der Waals surface area contributed by atoms with Gasteiger partial charge in [0.1, 0.15) is 5.75 Å². The summed E-state index contributed by atoms with van der Waals surface area (Å²) in [6, 6.07) is 8.75. The predicted octanol–water partition coefficient (Wildman–Crippen LogP) is 4.89. The van der Waals surface area contributed by atoms with Crippen LogP contribution < -0.4 is 15.4 Å². The van der Waals surface area contributed by atoms with Crippen LogP contribution in [0.15, 0.2) is 40.9 Å². The number of carbonyl (C=O) groups is 2. The summed E-state index contributed by atoms with van der Waals surface area (Å²) in [6.45, 7) is 0. The van der Waals surface area contributed by atoms with Gasteiger partial charge in [0.15, 0.2) is 5.11 Å². The first-order valence-electron chi connectivity index (χ1n) is 7.57. The number of methoxy groups -OCH3 is 1. The number of halogens is 3. The molecule has 0 radical (unpaired) electrons. The molecular weight excluding hydrogens is 674 g/mol. The number of rotatable bonds is 5. The minimum absolute atomic E-state index is 0.00233. The number of ether oxygens (including phenoxy) is 1. The smallest absolute Gasteiger partial charge is 0.337 e. The maximum absolute atomic E-state index is 12.2. The maximum Gasteiger partial charge on any atom is 0.337 e. The average molecular weight is 687 g/mol. The van der Waals surface area contributed by atoms with E-state index >= 15 is 0 Å². The lowest BCUT2D eigenvalue weighted by Crippen LogP contribution is -2.33. The number of hydrogen-bond acceptors (Lipinski definition) is 4. The molecule has 3 N–H and O–H groups in total. The molecule has 0 spiro atoms. The first-order valence-corrected chi connectivity index (χ1v) is 10.9. The highest BCUT2D eigenvalue weighted by molar-refractivity contribution is 14.1. The summed E-state index contributed by atoms with van der Waals surface area (Å²) < 4.78 is 7.56. The number of hydrogen-bond donors (Lipinski definition) is 3. The lowest BCUT2D eigenvalue weighted by atomic mass is 10.2. The SMILES string of the molecule is COc1ccc(Br)cc1C=CC(=O)NC(=S)Nc1c(I)cc(I)cc1C(=O)O. The van der Waals surface area contributed by atoms with Crippen LogP contribution in [0.1, 0.15) is 15.9 Å². The Hall–Kier alpha value is -1.25. The van der Waals surface area contributed by atoms with Crippen LogP contribution in [0.2, 0.25) is 0 Å². The fraction of sp³-hybridized carbons (Fsp3) is 0.0556. The molecule has 0 fully saturated rings. The highest BCUT2D eigenvalue weighted by Gasteiger charge is 2.16. The fourth-order valence-corrected chi connectivity index (χ4v) is 4.73. The van der Waals surface area contributed by atoms with Crippen molar-refractivity contribution in [3.8, 4) is 5.75 Å². The van der Waals surface area contributed by atoms with Crippen molar-refractivity contribution in [2.75, 3.05) is 12.4 Å². The van der Waals surface area contributed by atoms with Crippen LogP contribution >= 0.6 is 73.3 Å².